The third kappa shape index (κ3) is 5.37. The number of hydrogen-bond acceptors (Lipinski definition) is 8. The fourth-order valence-corrected chi connectivity index (χ4v) is 0.871. The SMILES string of the molecule is CNNCN/C(N)=N/N=C(\N)Nc1nc(N=N)n[nH]1. The molecule has 1 aromatic heterocycles. The molecule has 0 saturated carbocycles. The third-order valence-corrected chi connectivity index (χ3v) is 1.62. The molecular formula is C6H15N13. The number of hydrogen-bond donors (Lipinski definition) is 8. The molecule has 0 amide bonds. The number of aromatic nitrogens is 3. The lowest BCUT2D eigenvalue weighted by Crippen LogP contribution is -2.42. The van der Waals surface area contributed by atoms with Crippen molar-refractivity contribution in [2.24, 2.45) is 26.8 Å². The first kappa shape index (κ1) is 14.3. The van der Waals surface area contributed by atoms with Gasteiger partial charge in [-0.3, -0.25) is 10.7 Å². The number of nitrogens with two attached hydrogens (primary N) is 2. The lowest BCUT2D eigenvalue weighted by Gasteiger charge is -2.04. The number of aromatic amines is 1. The molecule has 13 heteroatoms. The summed E-state index contributed by atoms with van der Waals surface area (Å²) in [4.78, 5) is 3.75. The molecule has 0 aromatic carbocycles. The number of anilines is 1. The second kappa shape index (κ2) is 7.51. The van der Waals surface area contributed by atoms with Gasteiger partial charge in [0.05, 0.1) is 6.67 Å². The first-order chi connectivity index (χ1) is 9.15. The van der Waals surface area contributed by atoms with Crippen LogP contribution in [0.15, 0.2) is 15.3 Å². The van der Waals surface area contributed by atoms with E-state index < -0.39 is 0 Å². The molecule has 0 bridgehead atoms. The van der Waals surface area contributed by atoms with Gasteiger partial charge in [0.15, 0.2) is 0 Å². The molecule has 13 nitrogen and oxygen atoms in total. The Hall–Kier alpha value is -2.80. The van der Waals surface area contributed by atoms with Crippen LogP contribution in [0.5, 0.6) is 0 Å². The Balaban J connectivity index is 2.47. The second-order valence-electron chi connectivity index (χ2n) is 2.97. The molecule has 1 rings (SSSR count). The Morgan fingerprint density at radius 3 is 2.74 bits per heavy atom. The molecule has 0 atom stereocenters. The normalized spacial score (nSPS) is 12.3. The van der Waals surface area contributed by atoms with E-state index in [1.165, 1.54) is 0 Å². The number of guanidine groups is 2. The topological polar surface area (TPSA) is 203 Å². The van der Waals surface area contributed by atoms with Crippen molar-refractivity contribution in [3.8, 4) is 0 Å². The van der Waals surface area contributed by atoms with Gasteiger partial charge in [0.1, 0.15) is 0 Å². The Morgan fingerprint density at radius 2 is 2.11 bits per heavy atom. The van der Waals surface area contributed by atoms with Crippen LogP contribution < -0.4 is 33.0 Å². The molecule has 1 heterocycles. The Bertz CT molecular complexity index is 457. The zero-order valence-electron chi connectivity index (χ0n) is 10.1. The van der Waals surface area contributed by atoms with Gasteiger partial charge < -0.3 is 16.8 Å². The smallest absolute Gasteiger partial charge is 0.288 e. The molecule has 0 saturated heterocycles. The fraction of sp³-hybridized carbons (Fsp3) is 0.333. The maximum absolute atomic E-state index is 6.69. The van der Waals surface area contributed by atoms with E-state index in [4.69, 9.17) is 17.0 Å². The highest BCUT2D eigenvalue weighted by Crippen LogP contribution is 2.04. The molecule has 1 aromatic rings. The van der Waals surface area contributed by atoms with Gasteiger partial charge in [0.2, 0.25) is 17.9 Å². The van der Waals surface area contributed by atoms with E-state index in [0.29, 0.717) is 6.67 Å². The van der Waals surface area contributed by atoms with E-state index in [1.54, 1.807) is 7.05 Å². The van der Waals surface area contributed by atoms with Crippen molar-refractivity contribution in [1.82, 2.24) is 31.3 Å². The average Bonchev–Trinajstić information content (AvgIpc) is 2.84. The number of H-pyrrole nitrogens is 1. The average molecular weight is 269 g/mol. The Kier molecular flexibility index (Phi) is 5.64. The van der Waals surface area contributed by atoms with Crippen LogP contribution in [-0.2, 0) is 0 Å². The first-order valence-corrected chi connectivity index (χ1v) is 5.02. The zero-order valence-corrected chi connectivity index (χ0v) is 10.1. The van der Waals surface area contributed by atoms with Crippen LogP contribution in [0.1, 0.15) is 0 Å². The van der Waals surface area contributed by atoms with Crippen LogP contribution in [0.3, 0.4) is 0 Å². The fourth-order valence-electron chi connectivity index (χ4n) is 0.871. The minimum Gasteiger partial charge on any atom is -0.368 e. The molecule has 0 aliphatic heterocycles. The van der Waals surface area contributed by atoms with Crippen LogP contribution >= 0.6 is 0 Å². The summed E-state index contributed by atoms with van der Waals surface area (Å²) in [6, 6.07) is 0. The summed E-state index contributed by atoms with van der Waals surface area (Å²) in [7, 11) is 1.71. The number of hydrazine groups is 1. The van der Waals surface area contributed by atoms with Gasteiger partial charge in [0.25, 0.3) is 5.95 Å². The zero-order chi connectivity index (χ0) is 14.1. The molecule has 0 aliphatic carbocycles. The van der Waals surface area contributed by atoms with E-state index in [-0.39, 0.29) is 23.8 Å². The van der Waals surface area contributed by atoms with Crippen molar-refractivity contribution in [2.45, 2.75) is 0 Å². The summed E-state index contributed by atoms with van der Waals surface area (Å²) in [5, 5.41) is 21.5. The summed E-state index contributed by atoms with van der Waals surface area (Å²) >= 11 is 0. The number of nitrogens with one attached hydrogen (secondary N) is 6. The van der Waals surface area contributed by atoms with Crippen LogP contribution in [0.2, 0.25) is 0 Å². The lowest BCUT2D eigenvalue weighted by molar-refractivity contribution is 0.580. The van der Waals surface area contributed by atoms with Gasteiger partial charge in [-0.15, -0.1) is 20.4 Å². The third-order valence-electron chi connectivity index (χ3n) is 1.62. The second-order valence-corrected chi connectivity index (χ2v) is 2.97. The quantitative estimate of drug-likeness (QED) is 0.0702. The molecule has 0 unspecified atom stereocenters. The predicted octanol–water partition coefficient (Wildman–Crippen LogP) is -2.31. The van der Waals surface area contributed by atoms with E-state index in [9.17, 15) is 0 Å². The molecular weight excluding hydrogens is 254 g/mol. The van der Waals surface area contributed by atoms with E-state index in [0.717, 1.165) is 0 Å². The van der Waals surface area contributed by atoms with Crippen LogP contribution in [0, 0.1) is 5.53 Å². The van der Waals surface area contributed by atoms with Crippen LogP contribution in [-0.4, -0.2) is 40.8 Å². The highest BCUT2D eigenvalue weighted by atomic mass is 15.4. The molecule has 104 valence electrons. The summed E-state index contributed by atoms with van der Waals surface area (Å²) in [5.41, 5.74) is 23.1. The summed E-state index contributed by atoms with van der Waals surface area (Å²) in [6.07, 6.45) is 0. The highest BCUT2D eigenvalue weighted by molar-refractivity contribution is 5.91. The van der Waals surface area contributed by atoms with Crippen molar-refractivity contribution in [1.29, 1.82) is 5.53 Å². The largest absolute Gasteiger partial charge is 0.368 e. The maximum Gasteiger partial charge on any atom is 0.288 e. The summed E-state index contributed by atoms with van der Waals surface area (Å²) in [6.45, 7) is 0.366. The standard InChI is InChI=1S/C6H15N13/c1-10-12-2-11-3(7)16-17-4(8)13-5-14-6(15-9)19-18-5/h9-10,12H,2H2,1H3,(H3,7,11,16)(H4,8,13,14,17,18,19). The van der Waals surface area contributed by atoms with Crippen molar-refractivity contribution in [2.75, 3.05) is 19.0 Å². The molecule has 19 heavy (non-hydrogen) atoms. The van der Waals surface area contributed by atoms with Crippen molar-refractivity contribution in [3.63, 3.8) is 0 Å². The maximum atomic E-state index is 6.69. The van der Waals surface area contributed by atoms with Crippen LogP contribution in [0.4, 0.5) is 11.9 Å². The lowest BCUT2D eigenvalue weighted by atomic mass is 10.9. The Labute approximate surface area is 107 Å². The van der Waals surface area contributed by atoms with Crippen molar-refractivity contribution >= 4 is 23.8 Å². The predicted molar refractivity (Wildman–Crippen MR) is 68.3 cm³/mol. The van der Waals surface area contributed by atoms with E-state index in [2.05, 4.69) is 52.0 Å². The van der Waals surface area contributed by atoms with Crippen molar-refractivity contribution < 1.29 is 0 Å². The van der Waals surface area contributed by atoms with Gasteiger partial charge in [-0.25, -0.2) is 16.1 Å². The minimum atomic E-state index is -0.0565. The molecule has 0 fully saturated rings. The number of nitrogens with zero attached hydrogens (tertiary/aromatic N) is 5. The molecule has 0 spiro atoms. The van der Waals surface area contributed by atoms with Crippen LogP contribution in [0.25, 0.3) is 0 Å². The monoisotopic (exact) mass is 269 g/mol. The number of rotatable bonds is 6. The van der Waals surface area contributed by atoms with Gasteiger partial charge in [0, 0.05) is 0 Å². The van der Waals surface area contributed by atoms with Gasteiger partial charge in [-0.05, 0) is 7.05 Å². The summed E-state index contributed by atoms with van der Waals surface area (Å²) < 4.78 is 0. The minimum absolute atomic E-state index is 0.0295. The molecule has 0 aliphatic rings. The highest BCUT2D eigenvalue weighted by Gasteiger charge is 2.02. The first-order valence-electron chi connectivity index (χ1n) is 5.02. The van der Waals surface area contributed by atoms with Gasteiger partial charge in [-0.1, -0.05) is 0 Å². The summed E-state index contributed by atoms with van der Waals surface area (Å²) in [5.74, 6) is 0.176. The molecule has 0 radical (unpaired) electrons. The molecule has 10 N–H and O–H groups in total. The van der Waals surface area contributed by atoms with Gasteiger partial charge in [-0.2, -0.15) is 4.98 Å². The Morgan fingerprint density at radius 1 is 1.37 bits per heavy atom. The van der Waals surface area contributed by atoms with Gasteiger partial charge >= 0.3 is 0 Å². The van der Waals surface area contributed by atoms with E-state index >= 15 is 0 Å². The van der Waals surface area contributed by atoms with E-state index in [1.807, 2.05) is 0 Å². The van der Waals surface area contributed by atoms with Crippen molar-refractivity contribution in [3.05, 3.63) is 0 Å².